The van der Waals surface area contributed by atoms with Gasteiger partial charge < -0.3 is 30.7 Å². The average molecular weight is 563 g/mol. The largest absolute Gasteiger partial charge is 0.510 e. The summed E-state index contributed by atoms with van der Waals surface area (Å²) in [5.74, 6) is -0.734. The fourth-order valence-electron chi connectivity index (χ4n) is 5.79. The van der Waals surface area contributed by atoms with Crippen molar-refractivity contribution in [3.05, 3.63) is 77.2 Å². The van der Waals surface area contributed by atoms with Gasteiger partial charge in [0.2, 0.25) is 11.8 Å². The molecule has 1 aliphatic heterocycles. The molecule has 4 atom stereocenters. The summed E-state index contributed by atoms with van der Waals surface area (Å²) in [4.78, 5) is 42.0. The average Bonchev–Trinajstić information content (AvgIpc) is 3.40. The lowest BCUT2D eigenvalue weighted by molar-refractivity contribution is -0.135. The number of fused-ring (bicyclic) bond motifs is 4. The molecule has 0 spiro atoms. The van der Waals surface area contributed by atoms with Crippen LogP contribution in [0.25, 0.3) is 0 Å². The second-order valence-electron chi connectivity index (χ2n) is 11.3. The van der Waals surface area contributed by atoms with Gasteiger partial charge in [0.25, 0.3) is 5.91 Å². The number of hydrogen-bond donors (Lipinski definition) is 4. The highest BCUT2D eigenvalue weighted by molar-refractivity contribution is 6.01. The van der Waals surface area contributed by atoms with Crippen LogP contribution in [0.4, 0.5) is 0 Å². The molecule has 2 aromatic carbocycles. The molecule has 220 valence electrons. The quantitative estimate of drug-likeness (QED) is 0.336. The van der Waals surface area contributed by atoms with Gasteiger partial charge in [-0.05, 0) is 55.2 Å². The Morgan fingerprint density at radius 2 is 1.73 bits per heavy atom. The third-order valence-electron chi connectivity index (χ3n) is 7.92. The molecular formula is C32H42N4O5. The van der Waals surface area contributed by atoms with Crippen LogP contribution in [0.2, 0.25) is 0 Å². The maximum absolute atomic E-state index is 13.6. The van der Waals surface area contributed by atoms with E-state index in [0.717, 1.165) is 36.1 Å². The topological polar surface area (TPSA) is 120 Å². The number of carbonyl (C=O) groups excluding carboxylic acids is 3. The number of benzene rings is 2. The van der Waals surface area contributed by atoms with Gasteiger partial charge in [0.05, 0.1) is 6.04 Å². The number of amides is 3. The van der Waals surface area contributed by atoms with Gasteiger partial charge in [0.1, 0.15) is 29.9 Å². The molecule has 0 saturated heterocycles. The van der Waals surface area contributed by atoms with Crippen molar-refractivity contribution in [1.82, 2.24) is 20.9 Å². The Hall–Kier alpha value is -3.85. The molecule has 9 heteroatoms. The number of para-hydroxylation sites is 1. The second-order valence-corrected chi connectivity index (χ2v) is 11.3. The first kappa shape index (κ1) is 30.1. The molecule has 1 heterocycles. The highest BCUT2D eigenvalue weighted by Crippen LogP contribution is 2.39. The molecular weight excluding hydrogens is 520 g/mol. The van der Waals surface area contributed by atoms with Crippen molar-refractivity contribution in [3.63, 3.8) is 0 Å². The summed E-state index contributed by atoms with van der Waals surface area (Å²) in [6, 6.07) is 15.9. The molecule has 4 N–H and O–H groups in total. The molecule has 0 aromatic heterocycles. The number of carbonyl (C=O) groups is 3. The van der Waals surface area contributed by atoms with Gasteiger partial charge in [0.15, 0.2) is 0 Å². The van der Waals surface area contributed by atoms with E-state index in [0.29, 0.717) is 13.2 Å². The van der Waals surface area contributed by atoms with Crippen molar-refractivity contribution in [3.8, 4) is 5.75 Å². The lowest BCUT2D eigenvalue weighted by Crippen LogP contribution is -2.54. The summed E-state index contributed by atoms with van der Waals surface area (Å²) in [5, 5.41) is 19.8. The zero-order chi connectivity index (χ0) is 29.5. The Morgan fingerprint density at radius 3 is 2.44 bits per heavy atom. The van der Waals surface area contributed by atoms with Gasteiger partial charge in [-0.3, -0.25) is 14.4 Å². The lowest BCUT2D eigenvalue weighted by Gasteiger charge is -2.29. The first-order valence-corrected chi connectivity index (χ1v) is 14.4. The van der Waals surface area contributed by atoms with Crippen LogP contribution in [0.5, 0.6) is 5.75 Å². The monoisotopic (exact) mass is 562 g/mol. The standard InChI is InChI=1S/C32H42N4O5/c1-20(2)28-32(40)36(4)29(21(3)37)31(39)35-26(18-22-10-6-5-7-11-22)30(38)34-24-15-14-23(19-24)25-12-8-9-13-27(25)41-17-16-33-28/h5-13,20,23-24,26,28,33,37H,14-19H2,1-4H3,(H,34,38)(H,35,39)/b29-21+/t23?,24?,26-,28+/m1/s1. The van der Waals surface area contributed by atoms with Crippen molar-refractivity contribution in [2.75, 3.05) is 20.2 Å². The number of allylic oxidation sites excluding steroid dienone is 1. The van der Waals surface area contributed by atoms with Gasteiger partial charge >= 0.3 is 0 Å². The Labute approximate surface area is 242 Å². The number of hydrogen-bond acceptors (Lipinski definition) is 6. The van der Waals surface area contributed by atoms with Crippen molar-refractivity contribution in [2.45, 2.75) is 70.5 Å². The SMILES string of the molecule is C/C(O)=C1/C(=O)N[C@H](Cc2ccccc2)C(=O)NC2CCC(C2)c2ccccc2OCCN[C@@H](C(C)C)C(=O)N1C. The molecule has 4 rings (SSSR count). The Kier molecular flexibility index (Phi) is 10.0. The van der Waals surface area contributed by atoms with E-state index in [1.165, 1.54) is 18.9 Å². The van der Waals surface area contributed by atoms with Crippen LogP contribution in [0.3, 0.4) is 0 Å². The smallest absolute Gasteiger partial charge is 0.272 e. The number of nitrogens with one attached hydrogen (secondary N) is 3. The molecule has 2 unspecified atom stereocenters. The van der Waals surface area contributed by atoms with E-state index in [-0.39, 0.29) is 47.6 Å². The Morgan fingerprint density at radius 1 is 1.02 bits per heavy atom. The summed E-state index contributed by atoms with van der Waals surface area (Å²) in [6.07, 6.45) is 2.75. The van der Waals surface area contributed by atoms with Crippen molar-refractivity contribution in [2.24, 2.45) is 5.92 Å². The third kappa shape index (κ3) is 7.47. The number of likely N-dealkylation sites (N-methyl/N-ethyl adjacent to an activating group) is 1. The third-order valence-corrected chi connectivity index (χ3v) is 7.92. The predicted octanol–water partition coefficient (Wildman–Crippen LogP) is 3.42. The minimum atomic E-state index is -0.907. The molecule has 2 bridgehead atoms. The van der Waals surface area contributed by atoms with Crippen molar-refractivity contribution >= 4 is 17.7 Å². The van der Waals surface area contributed by atoms with Crippen LogP contribution in [-0.2, 0) is 20.8 Å². The molecule has 2 aliphatic rings. The van der Waals surface area contributed by atoms with E-state index in [9.17, 15) is 19.5 Å². The van der Waals surface area contributed by atoms with E-state index in [2.05, 4.69) is 22.0 Å². The first-order valence-electron chi connectivity index (χ1n) is 14.4. The Balaban J connectivity index is 1.68. The number of rotatable bonds is 3. The van der Waals surface area contributed by atoms with E-state index in [4.69, 9.17) is 4.74 Å². The molecule has 1 saturated carbocycles. The van der Waals surface area contributed by atoms with Gasteiger partial charge in [-0.2, -0.15) is 0 Å². The van der Waals surface area contributed by atoms with E-state index in [1.807, 2.05) is 62.4 Å². The molecule has 0 radical (unpaired) electrons. The van der Waals surface area contributed by atoms with Crippen LogP contribution in [0.15, 0.2) is 66.1 Å². The van der Waals surface area contributed by atoms with Gasteiger partial charge in [-0.1, -0.05) is 62.4 Å². The fraction of sp³-hybridized carbons (Fsp3) is 0.469. The molecule has 2 aromatic rings. The molecule has 3 amide bonds. The molecule has 1 aliphatic carbocycles. The van der Waals surface area contributed by atoms with E-state index >= 15 is 0 Å². The van der Waals surface area contributed by atoms with Gasteiger partial charge in [-0.25, -0.2) is 0 Å². The minimum Gasteiger partial charge on any atom is -0.510 e. The number of nitrogens with zero attached hydrogens (tertiary/aromatic N) is 1. The predicted molar refractivity (Wildman–Crippen MR) is 157 cm³/mol. The summed E-state index contributed by atoms with van der Waals surface area (Å²) >= 11 is 0. The first-order chi connectivity index (χ1) is 19.7. The van der Waals surface area contributed by atoms with Crippen LogP contribution in [0, 0.1) is 5.92 Å². The summed E-state index contributed by atoms with van der Waals surface area (Å²) in [5.41, 5.74) is 1.80. The second kappa shape index (κ2) is 13.7. The van der Waals surface area contributed by atoms with Crippen LogP contribution in [-0.4, -0.2) is 66.1 Å². The number of aliphatic hydroxyl groups excluding tert-OH is 1. The highest BCUT2D eigenvalue weighted by atomic mass is 16.5. The summed E-state index contributed by atoms with van der Waals surface area (Å²) < 4.78 is 6.17. The maximum atomic E-state index is 13.6. The molecule has 1 fully saturated rings. The molecule has 41 heavy (non-hydrogen) atoms. The van der Waals surface area contributed by atoms with Crippen molar-refractivity contribution < 1.29 is 24.2 Å². The molecule has 9 nitrogen and oxygen atoms in total. The zero-order valence-electron chi connectivity index (χ0n) is 24.4. The fourth-order valence-corrected chi connectivity index (χ4v) is 5.79. The Bertz CT molecular complexity index is 1260. The lowest BCUT2D eigenvalue weighted by atomic mass is 9.96. The highest BCUT2D eigenvalue weighted by Gasteiger charge is 2.34. The number of aliphatic hydroxyl groups is 1. The minimum absolute atomic E-state index is 0.0538. The van der Waals surface area contributed by atoms with Gasteiger partial charge in [0, 0.05) is 26.1 Å². The summed E-state index contributed by atoms with van der Waals surface area (Å²) in [6.45, 7) is 5.96. The zero-order valence-corrected chi connectivity index (χ0v) is 24.4. The normalized spacial score (nSPS) is 25.9. The van der Waals surface area contributed by atoms with Crippen LogP contribution >= 0.6 is 0 Å². The van der Waals surface area contributed by atoms with Crippen molar-refractivity contribution in [1.29, 1.82) is 0 Å². The van der Waals surface area contributed by atoms with E-state index in [1.54, 1.807) is 0 Å². The number of ether oxygens (including phenoxy) is 1. The van der Waals surface area contributed by atoms with Gasteiger partial charge in [-0.15, -0.1) is 0 Å². The summed E-state index contributed by atoms with van der Waals surface area (Å²) in [7, 11) is 1.46. The van der Waals surface area contributed by atoms with Crippen LogP contribution in [0.1, 0.15) is 57.1 Å². The van der Waals surface area contributed by atoms with Crippen LogP contribution < -0.4 is 20.7 Å². The maximum Gasteiger partial charge on any atom is 0.272 e. The van der Waals surface area contributed by atoms with E-state index < -0.39 is 18.0 Å².